The van der Waals surface area contributed by atoms with Gasteiger partial charge >= 0.3 is 0 Å². The highest BCUT2D eigenvalue weighted by molar-refractivity contribution is 5.61. The van der Waals surface area contributed by atoms with Gasteiger partial charge in [0.15, 0.2) is 0 Å². The zero-order chi connectivity index (χ0) is 12.3. The van der Waals surface area contributed by atoms with Gasteiger partial charge in [0.1, 0.15) is 5.75 Å². The zero-order valence-corrected chi connectivity index (χ0v) is 10.1. The Morgan fingerprint density at radius 3 is 2.88 bits per heavy atom. The molecule has 3 N–H and O–H groups in total. The summed E-state index contributed by atoms with van der Waals surface area (Å²) in [6.45, 7) is -0.201. The highest BCUT2D eigenvalue weighted by atomic mass is 19.1. The molecular formula is C13H19FN2O. The Morgan fingerprint density at radius 1 is 1.47 bits per heavy atom. The molecule has 0 bridgehead atoms. The van der Waals surface area contributed by atoms with E-state index in [9.17, 15) is 4.39 Å². The van der Waals surface area contributed by atoms with Gasteiger partial charge in [-0.2, -0.15) is 0 Å². The molecule has 0 aliphatic heterocycles. The third kappa shape index (κ3) is 2.81. The Morgan fingerprint density at radius 2 is 2.24 bits per heavy atom. The maximum atomic E-state index is 12.1. The summed E-state index contributed by atoms with van der Waals surface area (Å²) >= 11 is 0. The Hall–Kier alpha value is -1.45. The molecule has 3 nitrogen and oxygen atoms in total. The van der Waals surface area contributed by atoms with E-state index in [2.05, 4.69) is 5.32 Å². The average Bonchev–Trinajstić information content (AvgIpc) is 2.28. The minimum atomic E-state index is -0.201. The number of hydrogen-bond acceptors (Lipinski definition) is 3. The smallest absolute Gasteiger partial charge is 0.143 e. The summed E-state index contributed by atoms with van der Waals surface area (Å²) < 4.78 is 17.3. The van der Waals surface area contributed by atoms with Crippen LogP contribution < -0.4 is 15.8 Å². The van der Waals surface area contributed by atoms with Crippen LogP contribution in [0.2, 0.25) is 0 Å². The number of anilines is 2. The number of halogens is 1. The summed E-state index contributed by atoms with van der Waals surface area (Å²) in [7, 11) is 1.61. The molecule has 94 valence electrons. The monoisotopic (exact) mass is 238 g/mol. The molecule has 1 aromatic rings. The highest BCUT2D eigenvalue weighted by Crippen LogP contribution is 2.34. The van der Waals surface area contributed by atoms with Crippen molar-refractivity contribution in [2.45, 2.75) is 25.3 Å². The van der Waals surface area contributed by atoms with E-state index in [1.54, 1.807) is 7.11 Å². The molecule has 0 saturated heterocycles. The summed E-state index contributed by atoms with van der Waals surface area (Å²) in [6, 6.07) is 6.14. The van der Waals surface area contributed by atoms with Crippen molar-refractivity contribution >= 4 is 11.4 Å². The minimum absolute atomic E-state index is 0.201. The van der Waals surface area contributed by atoms with E-state index >= 15 is 0 Å². The van der Waals surface area contributed by atoms with Gasteiger partial charge in [-0.1, -0.05) is 0 Å². The Labute approximate surface area is 101 Å². The Kier molecular flexibility index (Phi) is 3.71. The molecule has 0 aromatic heterocycles. The van der Waals surface area contributed by atoms with Crippen molar-refractivity contribution in [3.63, 3.8) is 0 Å². The fourth-order valence-electron chi connectivity index (χ4n) is 2.28. The van der Waals surface area contributed by atoms with Crippen LogP contribution in [0.5, 0.6) is 5.75 Å². The maximum absolute atomic E-state index is 12.1. The van der Waals surface area contributed by atoms with E-state index < -0.39 is 0 Å². The molecule has 0 amide bonds. The topological polar surface area (TPSA) is 47.3 Å². The lowest BCUT2D eigenvalue weighted by Crippen LogP contribution is -2.35. The fraction of sp³-hybridized carbons (Fsp3) is 0.538. The number of rotatable bonds is 5. The van der Waals surface area contributed by atoms with Gasteiger partial charge in [-0.05, 0) is 37.3 Å². The molecule has 0 spiro atoms. The second-order valence-corrected chi connectivity index (χ2v) is 4.61. The van der Waals surface area contributed by atoms with Crippen molar-refractivity contribution in [2.75, 3.05) is 24.8 Å². The number of alkyl halides is 1. The number of hydrogen-bond donors (Lipinski definition) is 2. The van der Waals surface area contributed by atoms with Gasteiger partial charge in [0.25, 0.3) is 0 Å². The van der Waals surface area contributed by atoms with E-state index in [0.29, 0.717) is 29.8 Å². The van der Waals surface area contributed by atoms with Crippen LogP contribution in [0.3, 0.4) is 0 Å². The van der Waals surface area contributed by atoms with Crippen LogP contribution in [-0.2, 0) is 0 Å². The first-order chi connectivity index (χ1) is 8.22. The van der Waals surface area contributed by atoms with Gasteiger partial charge in [0, 0.05) is 17.8 Å². The SMILES string of the molecule is COc1cc(NC2CC(CCF)C2)ccc1N. The maximum Gasteiger partial charge on any atom is 0.143 e. The van der Waals surface area contributed by atoms with Crippen LogP contribution in [0, 0.1) is 5.92 Å². The van der Waals surface area contributed by atoms with E-state index in [1.165, 1.54) is 0 Å². The molecule has 17 heavy (non-hydrogen) atoms. The van der Waals surface area contributed by atoms with Crippen molar-refractivity contribution in [3.05, 3.63) is 18.2 Å². The van der Waals surface area contributed by atoms with Crippen LogP contribution >= 0.6 is 0 Å². The van der Waals surface area contributed by atoms with Gasteiger partial charge in [-0.3, -0.25) is 4.39 Å². The molecule has 1 aromatic carbocycles. The molecule has 0 atom stereocenters. The molecule has 1 aliphatic rings. The van der Waals surface area contributed by atoms with Crippen molar-refractivity contribution < 1.29 is 9.13 Å². The minimum Gasteiger partial charge on any atom is -0.495 e. The number of nitrogens with one attached hydrogen (secondary N) is 1. The van der Waals surface area contributed by atoms with Gasteiger partial charge < -0.3 is 15.8 Å². The number of ether oxygens (including phenoxy) is 1. The second kappa shape index (κ2) is 5.25. The summed E-state index contributed by atoms with van der Waals surface area (Å²) in [5, 5.41) is 3.41. The van der Waals surface area contributed by atoms with Crippen LogP contribution in [0.15, 0.2) is 18.2 Å². The number of nitrogen functional groups attached to an aromatic ring is 1. The summed E-state index contributed by atoms with van der Waals surface area (Å²) in [5.74, 6) is 1.24. The van der Waals surface area contributed by atoms with E-state index in [-0.39, 0.29) is 6.67 Å². The second-order valence-electron chi connectivity index (χ2n) is 4.61. The lowest BCUT2D eigenvalue weighted by atomic mass is 9.78. The van der Waals surface area contributed by atoms with Crippen LogP contribution in [0.4, 0.5) is 15.8 Å². The summed E-state index contributed by atoms with van der Waals surface area (Å²) in [5.41, 5.74) is 7.40. The van der Waals surface area contributed by atoms with Gasteiger partial charge in [-0.25, -0.2) is 0 Å². The molecule has 0 radical (unpaired) electrons. The van der Waals surface area contributed by atoms with Crippen LogP contribution in [-0.4, -0.2) is 19.8 Å². The summed E-state index contributed by atoms with van der Waals surface area (Å²) in [4.78, 5) is 0. The zero-order valence-electron chi connectivity index (χ0n) is 10.1. The highest BCUT2D eigenvalue weighted by Gasteiger charge is 2.28. The number of nitrogens with two attached hydrogens (primary N) is 1. The van der Waals surface area contributed by atoms with Gasteiger partial charge in [0.05, 0.1) is 19.5 Å². The van der Waals surface area contributed by atoms with Crippen molar-refractivity contribution in [1.82, 2.24) is 0 Å². The first-order valence-electron chi connectivity index (χ1n) is 5.99. The van der Waals surface area contributed by atoms with E-state index in [4.69, 9.17) is 10.5 Å². The Bertz CT molecular complexity index is 378. The number of benzene rings is 1. The van der Waals surface area contributed by atoms with Crippen LogP contribution in [0.1, 0.15) is 19.3 Å². The van der Waals surface area contributed by atoms with Gasteiger partial charge in [0.2, 0.25) is 0 Å². The van der Waals surface area contributed by atoms with E-state index in [1.807, 2.05) is 18.2 Å². The average molecular weight is 238 g/mol. The fourth-order valence-corrected chi connectivity index (χ4v) is 2.28. The summed E-state index contributed by atoms with van der Waals surface area (Å²) in [6.07, 6.45) is 2.80. The normalized spacial score (nSPS) is 22.9. The third-order valence-electron chi connectivity index (χ3n) is 3.36. The van der Waals surface area contributed by atoms with Crippen molar-refractivity contribution in [1.29, 1.82) is 0 Å². The lowest BCUT2D eigenvalue weighted by Gasteiger charge is -2.36. The third-order valence-corrected chi connectivity index (χ3v) is 3.36. The number of methoxy groups -OCH3 is 1. The molecule has 2 rings (SSSR count). The predicted octanol–water partition coefficient (Wildman–Crippen LogP) is 2.83. The predicted molar refractivity (Wildman–Crippen MR) is 68.1 cm³/mol. The molecule has 0 unspecified atom stereocenters. The van der Waals surface area contributed by atoms with Crippen molar-refractivity contribution in [3.8, 4) is 5.75 Å². The van der Waals surface area contributed by atoms with Crippen LogP contribution in [0.25, 0.3) is 0 Å². The molecule has 1 saturated carbocycles. The van der Waals surface area contributed by atoms with Gasteiger partial charge in [-0.15, -0.1) is 0 Å². The lowest BCUT2D eigenvalue weighted by molar-refractivity contribution is 0.243. The molecule has 4 heteroatoms. The molecule has 0 heterocycles. The van der Waals surface area contributed by atoms with E-state index in [0.717, 1.165) is 18.5 Å². The first-order valence-corrected chi connectivity index (χ1v) is 5.99. The quantitative estimate of drug-likeness (QED) is 0.775. The molecule has 1 fully saturated rings. The first kappa shape index (κ1) is 12.0. The Balaban J connectivity index is 1.88. The largest absolute Gasteiger partial charge is 0.495 e. The standard InChI is InChI=1S/C13H19FN2O/c1-17-13-8-10(2-3-12(13)15)16-11-6-9(7-11)4-5-14/h2-3,8-9,11,16H,4-7,15H2,1H3. The van der Waals surface area contributed by atoms with Crippen molar-refractivity contribution in [2.24, 2.45) is 5.92 Å². The molecule has 1 aliphatic carbocycles. The molecular weight excluding hydrogens is 219 g/mol.